The van der Waals surface area contributed by atoms with Gasteiger partial charge in [0.15, 0.2) is 0 Å². The maximum absolute atomic E-state index is 9.46. The van der Waals surface area contributed by atoms with E-state index in [0.29, 0.717) is 11.7 Å². The summed E-state index contributed by atoms with van der Waals surface area (Å²) in [5.74, 6) is 1.22. The fourth-order valence-corrected chi connectivity index (χ4v) is 2.26. The van der Waals surface area contributed by atoms with Crippen molar-refractivity contribution < 1.29 is 9.63 Å². The Morgan fingerprint density at radius 2 is 2.05 bits per heavy atom. The van der Waals surface area contributed by atoms with Crippen molar-refractivity contribution in [3.8, 4) is 28.6 Å². The zero-order chi connectivity index (χ0) is 14.8. The maximum Gasteiger partial charge on any atom is 0.258 e. The number of benzene rings is 1. The van der Waals surface area contributed by atoms with Crippen molar-refractivity contribution in [2.24, 2.45) is 0 Å². The number of phenolic OH excluding ortho intramolecular Hbond substituents is 1. The summed E-state index contributed by atoms with van der Waals surface area (Å²) >= 11 is 0. The Hall–Kier alpha value is -2.69. The van der Waals surface area contributed by atoms with Crippen molar-refractivity contribution in [3.05, 3.63) is 47.8 Å². The zero-order valence-corrected chi connectivity index (χ0v) is 11.9. The van der Waals surface area contributed by atoms with Gasteiger partial charge < -0.3 is 9.63 Å². The first-order valence-corrected chi connectivity index (χ1v) is 6.76. The molecule has 0 atom stereocenters. The molecule has 0 spiro atoms. The van der Waals surface area contributed by atoms with Gasteiger partial charge in [0.05, 0.1) is 0 Å². The molecule has 0 aliphatic carbocycles. The molecule has 2 aromatic heterocycles. The van der Waals surface area contributed by atoms with E-state index in [-0.39, 0.29) is 5.75 Å². The largest absolute Gasteiger partial charge is 0.508 e. The molecule has 0 aliphatic rings. The minimum Gasteiger partial charge on any atom is -0.508 e. The summed E-state index contributed by atoms with van der Waals surface area (Å²) in [6, 6.07) is 6.94. The van der Waals surface area contributed by atoms with E-state index in [1.807, 2.05) is 19.2 Å². The SMILES string of the molecule is CCc1cnccc1-c1noc(-c2ccc(O)cc2C)n1. The number of hydrogen-bond acceptors (Lipinski definition) is 5. The van der Waals surface area contributed by atoms with Crippen LogP contribution in [0, 0.1) is 6.92 Å². The number of rotatable bonds is 3. The molecule has 0 aliphatic heterocycles. The van der Waals surface area contributed by atoms with Crippen molar-refractivity contribution in [3.63, 3.8) is 0 Å². The van der Waals surface area contributed by atoms with Gasteiger partial charge in [-0.05, 0) is 48.7 Å². The van der Waals surface area contributed by atoms with Gasteiger partial charge in [-0.25, -0.2) is 0 Å². The number of hydrogen-bond donors (Lipinski definition) is 1. The summed E-state index contributed by atoms with van der Waals surface area (Å²) in [7, 11) is 0. The molecule has 5 nitrogen and oxygen atoms in total. The van der Waals surface area contributed by atoms with E-state index in [2.05, 4.69) is 22.0 Å². The summed E-state index contributed by atoms with van der Waals surface area (Å²) in [4.78, 5) is 8.58. The second-order valence-corrected chi connectivity index (χ2v) is 4.81. The van der Waals surface area contributed by atoms with Gasteiger partial charge >= 0.3 is 0 Å². The Bertz CT molecular complexity index is 781. The van der Waals surface area contributed by atoms with E-state index in [0.717, 1.165) is 28.7 Å². The number of aromatic hydroxyl groups is 1. The van der Waals surface area contributed by atoms with E-state index in [9.17, 15) is 5.11 Å². The lowest BCUT2D eigenvalue weighted by Gasteiger charge is -2.01. The quantitative estimate of drug-likeness (QED) is 0.796. The van der Waals surface area contributed by atoms with Crippen molar-refractivity contribution in [2.45, 2.75) is 20.3 Å². The van der Waals surface area contributed by atoms with E-state index >= 15 is 0 Å². The first-order valence-electron chi connectivity index (χ1n) is 6.76. The van der Waals surface area contributed by atoms with Crippen LogP contribution >= 0.6 is 0 Å². The molecular formula is C16H15N3O2. The summed E-state index contributed by atoms with van der Waals surface area (Å²) < 4.78 is 5.36. The Kier molecular flexibility index (Phi) is 3.39. The van der Waals surface area contributed by atoms with Crippen LogP contribution in [0.4, 0.5) is 0 Å². The highest BCUT2D eigenvalue weighted by Gasteiger charge is 2.14. The molecule has 5 heteroatoms. The lowest BCUT2D eigenvalue weighted by Crippen LogP contribution is -1.90. The van der Waals surface area contributed by atoms with Gasteiger partial charge in [-0.3, -0.25) is 4.98 Å². The minimum absolute atomic E-state index is 0.221. The van der Waals surface area contributed by atoms with Crippen LogP contribution in [-0.4, -0.2) is 20.2 Å². The van der Waals surface area contributed by atoms with Crippen molar-refractivity contribution >= 4 is 0 Å². The molecule has 0 fully saturated rings. The number of pyridine rings is 1. The summed E-state index contributed by atoms with van der Waals surface area (Å²) in [5.41, 5.74) is 3.71. The van der Waals surface area contributed by atoms with Gasteiger partial charge in [-0.15, -0.1) is 0 Å². The van der Waals surface area contributed by atoms with Gasteiger partial charge in [0.25, 0.3) is 5.89 Å². The summed E-state index contributed by atoms with van der Waals surface area (Å²) in [6.07, 6.45) is 4.39. The third-order valence-corrected chi connectivity index (χ3v) is 3.39. The third kappa shape index (κ3) is 2.50. The fraction of sp³-hybridized carbons (Fsp3) is 0.188. The van der Waals surface area contributed by atoms with E-state index in [4.69, 9.17) is 4.52 Å². The van der Waals surface area contributed by atoms with Crippen LogP contribution in [0.2, 0.25) is 0 Å². The molecule has 3 rings (SSSR count). The van der Waals surface area contributed by atoms with Crippen LogP contribution in [-0.2, 0) is 6.42 Å². The molecule has 0 unspecified atom stereocenters. The van der Waals surface area contributed by atoms with Crippen LogP contribution in [0.3, 0.4) is 0 Å². The molecule has 1 N–H and O–H groups in total. The second kappa shape index (κ2) is 5.36. The van der Waals surface area contributed by atoms with Crippen LogP contribution in [0.25, 0.3) is 22.8 Å². The molecule has 0 saturated carbocycles. The van der Waals surface area contributed by atoms with Crippen molar-refractivity contribution in [2.75, 3.05) is 0 Å². The first kappa shape index (κ1) is 13.3. The van der Waals surface area contributed by atoms with Gasteiger partial charge in [-0.2, -0.15) is 4.98 Å². The molecule has 21 heavy (non-hydrogen) atoms. The molecule has 0 amide bonds. The normalized spacial score (nSPS) is 10.8. The van der Waals surface area contributed by atoms with E-state index in [1.165, 1.54) is 0 Å². The third-order valence-electron chi connectivity index (χ3n) is 3.39. The maximum atomic E-state index is 9.46. The number of nitrogens with zero attached hydrogens (tertiary/aromatic N) is 3. The average molecular weight is 281 g/mol. The molecule has 1 aromatic carbocycles. The topological polar surface area (TPSA) is 72.0 Å². The number of aryl methyl sites for hydroxylation is 2. The molecule has 0 saturated heterocycles. The predicted molar refractivity (Wildman–Crippen MR) is 78.7 cm³/mol. The molecule has 106 valence electrons. The lowest BCUT2D eigenvalue weighted by molar-refractivity contribution is 0.432. The standard InChI is InChI=1S/C16H15N3O2/c1-3-11-9-17-7-6-14(11)15-18-16(21-19-15)13-5-4-12(20)8-10(13)2/h4-9,20H,3H2,1-2H3. The van der Waals surface area contributed by atoms with Crippen LogP contribution in [0.1, 0.15) is 18.1 Å². The van der Waals surface area contributed by atoms with Crippen LogP contribution in [0.15, 0.2) is 41.2 Å². The van der Waals surface area contributed by atoms with Gasteiger partial charge in [0.1, 0.15) is 5.75 Å². The summed E-state index contributed by atoms with van der Waals surface area (Å²) in [6.45, 7) is 3.95. The number of aromatic nitrogens is 3. The molecular weight excluding hydrogens is 266 g/mol. The summed E-state index contributed by atoms with van der Waals surface area (Å²) in [5, 5.41) is 13.5. The van der Waals surface area contributed by atoms with Gasteiger partial charge in [0, 0.05) is 23.5 Å². The first-order chi connectivity index (χ1) is 10.2. The lowest BCUT2D eigenvalue weighted by atomic mass is 10.1. The Morgan fingerprint density at radius 1 is 1.19 bits per heavy atom. The fourth-order valence-electron chi connectivity index (χ4n) is 2.26. The van der Waals surface area contributed by atoms with Crippen LogP contribution < -0.4 is 0 Å². The molecule has 2 heterocycles. The average Bonchev–Trinajstić information content (AvgIpc) is 2.96. The smallest absolute Gasteiger partial charge is 0.258 e. The van der Waals surface area contributed by atoms with Crippen molar-refractivity contribution in [1.82, 2.24) is 15.1 Å². The highest BCUT2D eigenvalue weighted by Crippen LogP contribution is 2.28. The Labute approximate surface area is 122 Å². The monoisotopic (exact) mass is 281 g/mol. The number of phenols is 1. The minimum atomic E-state index is 0.221. The Morgan fingerprint density at radius 3 is 2.81 bits per heavy atom. The molecule has 0 bridgehead atoms. The highest BCUT2D eigenvalue weighted by molar-refractivity contribution is 5.64. The van der Waals surface area contributed by atoms with E-state index < -0.39 is 0 Å². The van der Waals surface area contributed by atoms with Crippen molar-refractivity contribution in [1.29, 1.82) is 0 Å². The molecule has 3 aromatic rings. The van der Waals surface area contributed by atoms with E-state index in [1.54, 1.807) is 24.4 Å². The zero-order valence-electron chi connectivity index (χ0n) is 11.9. The van der Waals surface area contributed by atoms with Crippen LogP contribution in [0.5, 0.6) is 5.75 Å². The molecule has 0 radical (unpaired) electrons. The Balaban J connectivity index is 2.04. The second-order valence-electron chi connectivity index (χ2n) is 4.81. The van der Waals surface area contributed by atoms with Gasteiger partial charge in [-0.1, -0.05) is 12.1 Å². The van der Waals surface area contributed by atoms with Gasteiger partial charge in [0.2, 0.25) is 5.82 Å². The predicted octanol–water partition coefficient (Wildman–Crippen LogP) is 3.38. The highest BCUT2D eigenvalue weighted by atomic mass is 16.5.